The maximum absolute atomic E-state index is 12.4. The van der Waals surface area contributed by atoms with Crippen molar-refractivity contribution in [1.29, 1.82) is 0 Å². The molecular weight excluding hydrogens is 375 g/mol. The Morgan fingerprint density at radius 3 is 2.65 bits per heavy atom. The second-order valence-electron chi connectivity index (χ2n) is 4.65. The van der Waals surface area contributed by atoms with Gasteiger partial charge in [-0.05, 0) is 41.5 Å². The van der Waals surface area contributed by atoms with E-state index in [0.717, 1.165) is 16.4 Å². The Morgan fingerprint density at radius 2 is 2.10 bits per heavy atom. The summed E-state index contributed by atoms with van der Waals surface area (Å²) in [5.74, 6) is -0.146. The molecule has 1 aromatic rings. The number of non-ortho nitro benzene ring substituents is 1. The molecule has 0 aliphatic carbocycles. The summed E-state index contributed by atoms with van der Waals surface area (Å²) in [7, 11) is 1.67. The SMILES string of the molecule is COC1CCN(C(=O)c2cc([N+](=O)[O-])ccc2I)CC1. The third kappa shape index (κ3) is 3.26. The third-order valence-corrected chi connectivity index (χ3v) is 4.39. The lowest BCUT2D eigenvalue weighted by Crippen LogP contribution is -2.40. The minimum absolute atomic E-state index is 0.0551. The highest BCUT2D eigenvalue weighted by molar-refractivity contribution is 14.1. The Morgan fingerprint density at radius 1 is 1.45 bits per heavy atom. The van der Waals surface area contributed by atoms with E-state index in [1.165, 1.54) is 12.1 Å². The number of carbonyl (C=O) groups excluding carboxylic acids is 1. The molecule has 6 nitrogen and oxygen atoms in total. The van der Waals surface area contributed by atoms with Gasteiger partial charge in [0.2, 0.25) is 0 Å². The predicted molar refractivity (Wildman–Crippen MR) is 81.7 cm³/mol. The molecule has 0 radical (unpaired) electrons. The zero-order chi connectivity index (χ0) is 14.7. The molecule has 0 unspecified atom stereocenters. The van der Waals surface area contributed by atoms with Crippen molar-refractivity contribution in [3.63, 3.8) is 0 Å². The lowest BCUT2D eigenvalue weighted by molar-refractivity contribution is -0.384. The molecule has 0 spiro atoms. The summed E-state index contributed by atoms with van der Waals surface area (Å²) in [4.78, 5) is 24.5. The summed E-state index contributed by atoms with van der Waals surface area (Å²) in [5.41, 5.74) is 0.344. The highest BCUT2D eigenvalue weighted by Gasteiger charge is 2.25. The van der Waals surface area contributed by atoms with E-state index >= 15 is 0 Å². The van der Waals surface area contributed by atoms with Crippen molar-refractivity contribution in [2.45, 2.75) is 18.9 Å². The van der Waals surface area contributed by atoms with Crippen LogP contribution >= 0.6 is 22.6 Å². The Bertz CT molecular complexity index is 527. The van der Waals surface area contributed by atoms with E-state index in [1.807, 2.05) is 22.6 Å². The van der Waals surface area contributed by atoms with Crippen molar-refractivity contribution < 1.29 is 14.5 Å². The fourth-order valence-electron chi connectivity index (χ4n) is 2.26. The zero-order valence-electron chi connectivity index (χ0n) is 11.0. The zero-order valence-corrected chi connectivity index (χ0v) is 13.2. The largest absolute Gasteiger partial charge is 0.381 e. The number of methoxy groups -OCH3 is 1. The van der Waals surface area contributed by atoms with Crippen LogP contribution in [0, 0.1) is 13.7 Å². The lowest BCUT2D eigenvalue weighted by Gasteiger charge is -2.31. The molecule has 108 valence electrons. The molecule has 0 saturated carbocycles. The Labute approximate surface area is 130 Å². The summed E-state index contributed by atoms with van der Waals surface area (Å²) >= 11 is 2.03. The molecule has 0 atom stereocenters. The van der Waals surface area contributed by atoms with E-state index in [9.17, 15) is 14.9 Å². The molecule has 1 aliphatic heterocycles. The summed E-state index contributed by atoms with van der Waals surface area (Å²) in [5, 5.41) is 10.8. The summed E-state index contributed by atoms with van der Waals surface area (Å²) < 4.78 is 6.00. The van der Waals surface area contributed by atoms with Gasteiger partial charge in [-0.15, -0.1) is 0 Å². The molecule has 0 bridgehead atoms. The number of carbonyl (C=O) groups is 1. The minimum Gasteiger partial charge on any atom is -0.381 e. The van der Waals surface area contributed by atoms with Gasteiger partial charge in [0.25, 0.3) is 11.6 Å². The molecule has 20 heavy (non-hydrogen) atoms. The molecule has 1 amide bonds. The average Bonchev–Trinajstić information content (AvgIpc) is 2.47. The van der Waals surface area contributed by atoms with Crippen molar-refractivity contribution in [2.75, 3.05) is 20.2 Å². The van der Waals surface area contributed by atoms with E-state index in [1.54, 1.807) is 18.1 Å². The first-order valence-electron chi connectivity index (χ1n) is 6.29. The Hall–Kier alpha value is -1.22. The van der Waals surface area contributed by atoms with Gasteiger partial charge < -0.3 is 9.64 Å². The van der Waals surface area contributed by atoms with Gasteiger partial charge in [-0.25, -0.2) is 0 Å². The van der Waals surface area contributed by atoms with Gasteiger partial charge in [0, 0.05) is 35.9 Å². The number of likely N-dealkylation sites (tertiary alicyclic amines) is 1. The highest BCUT2D eigenvalue weighted by Crippen LogP contribution is 2.23. The van der Waals surface area contributed by atoms with Crippen LogP contribution in [-0.2, 0) is 4.74 Å². The molecule has 1 heterocycles. The molecule has 1 fully saturated rings. The van der Waals surface area contributed by atoms with Gasteiger partial charge in [0.1, 0.15) is 0 Å². The topological polar surface area (TPSA) is 72.7 Å². The highest BCUT2D eigenvalue weighted by atomic mass is 127. The van der Waals surface area contributed by atoms with Crippen LogP contribution in [0.3, 0.4) is 0 Å². The van der Waals surface area contributed by atoms with Crippen molar-refractivity contribution in [2.24, 2.45) is 0 Å². The number of nitro benzene ring substituents is 1. The van der Waals surface area contributed by atoms with E-state index in [4.69, 9.17) is 4.74 Å². The maximum Gasteiger partial charge on any atom is 0.270 e. The molecule has 1 aromatic carbocycles. The number of ether oxygens (including phenoxy) is 1. The number of benzene rings is 1. The number of halogens is 1. The molecule has 7 heteroatoms. The van der Waals surface area contributed by atoms with Crippen molar-refractivity contribution in [3.8, 4) is 0 Å². The van der Waals surface area contributed by atoms with Gasteiger partial charge >= 0.3 is 0 Å². The van der Waals surface area contributed by atoms with Crippen LogP contribution < -0.4 is 0 Å². The summed E-state index contributed by atoms with van der Waals surface area (Å²) in [6.07, 6.45) is 1.80. The van der Waals surface area contributed by atoms with Gasteiger partial charge in [0.05, 0.1) is 16.6 Å². The molecule has 0 aromatic heterocycles. The summed E-state index contributed by atoms with van der Waals surface area (Å²) in [6, 6.07) is 4.37. The van der Waals surface area contributed by atoms with Crippen LogP contribution in [-0.4, -0.2) is 42.0 Å². The van der Waals surface area contributed by atoms with Crippen LogP contribution in [0.5, 0.6) is 0 Å². The average molecular weight is 390 g/mol. The number of amides is 1. The number of hydrogen-bond acceptors (Lipinski definition) is 4. The monoisotopic (exact) mass is 390 g/mol. The first-order chi connectivity index (χ1) is 9.52. The number of nitro groups is 1. The van der Waals surface area contributed by atoms with Crippen molar-refractivity contribution >= 4 is 34.2 Å². The maximum atomic E-state index is 12.4. The first-order valence-corrected chi connectivity index (χ1v) is 7.37. The molecular formula is C13H15IN2O4. The second-order valence-corrected chi connectivity index (χ2v) is 5.81. The minimum atomic E-state index is -0.482. The number of hydrogen-bond donors (Lipinski definition) is 0. The van der Waals surface area contributed by atoms with Crippen LogP contribution in [0.25, 0.3) is 0 Å². The van der Waals surface area contributed by atoms with Crippen LogP contribution in [0.15, 0.2) is 18.2 Å². The third-order valence-electron chi connectivity index (χ3n) is 3.45. The van der Waals surface area contributed by atoms with Crippen molar-refractivity contribution in [1.82, 2.24) is 4.90 Å². The second kappa shape index (κ2) is 6.49. The molecule has 0 N–H and O–H groups in total. The van der Waals surface area contributed by atoms with E-state index < -0.39 is 4.92 Å². The normalized spacial score (nSPS) is 16.2. The fraction of sp³-hybridized carbons (Fsp3) is 0.462. The number of nitrogens with zero attached hydrogens (tertiary/aromatic N) is 2. The quantitative estimate of drug-likeness (QED) is 0.452. The van der Waals surface area contributed by atoms with Crippen LogP contribution in [0.1, 0.15) is 23.2 Å². The smallest absolute Gasteiger partial charge is 0.270 e. The van der Waals surface area contributed by atoms with Gasteiger partial charge in [-0.3, -0.25) is 14.9 Å². The number of piperidine rings is 1. The molecule has 2 rings (SSSR count). The van der Waals surface area contributed by atoms with Gasteiger partial charge in [-0.2, -0.15) is 0 Å². The first kappa shape index (κ1) is 15.2. The predicted octanol–water partition coefficient (Wildman–Crippen LogP) is 2.45. The Balaban J connectivity index is 2.17. The van der Waals surface area contributed by atoms with Gasteiger partial charge in [0.15, 0.2) is 0 Å². The molecule has 1 aliphatic rings. The van der Waals surface area contributed by atoms with Crippen LogP contribution in [0.4, 0.5) is 5.69 Å². The molecule has 1 saturated heterocycles. The van der Waals surface area contributed by atoms with E-state index in [-0.39, 0.29) is 17.7 Å². The lowest BCUT2D eigenvalue weighted by atomic mass is 10.1. The summed E-state index contributed by atoms with van der Waals surface area (Å²) in [6.45, 7) is 1.24. The van der Waals surface area contributed by atoms with E-state index in [0.29, 0.717) is 18.7 Å². The Kier molecular flexibility index (Phi) is 4.92. The van der Waals surface area contributed by atoms with Crippen molar-refractivity contribution in [3.05, 3.63) is 37.4 Å². The standard InChI is InChI=1S/C13H15IN2O4/c1-20-10-4-6-15(7-5-10)13(17)11-8-9(16(18)19)2-3-12(11)14/h2-3,8,10H,4-7H2,1H3. The number of rotatable bonds is 3. The van der Waals surface area contributed by atoms with Crippen LogP contribution in [0.2, 0.25) is 0 Å². The fourth-order valence-corrected chi connectivity index (χ4v) is 2.82. The van der Waals surface area contributed by atoms with E-state index in [2.05, 4.69) is 0 Å². The van der Waals surface area contributed by atoms with Gasteiger partial charge in [-0.1, -0.05) is 0 Å².